The van der Waals surface area contributed by atoms with Crippen LogP contribution in [-0.2, 0) is 11.2 Å². The summed E-state index contributed by atoms with van der Waals surface area (Å²) in [7, 11) is 0. The van der Waals surface area contributed by atoms with Crippen molar-refractivity contribution in [3.05, 3.63) is 35.4 Å². The number of carbonyl (C=O) groups excluding carboxylic acids is 1. The van der Waals surface area contributed by atoms with Crippen molar-refractivity contribution in [2.45, 2.75) is 19.8 Å². The Balaban J connectivity index is 2.59. The molecule has 0 fully saturated rings. The van der Waals surface area contributed by atoms with Crippen LogP contribution in [0.15, 0.2) is 24.3 Å². The van der Waals surface area contributed by atoms with Gasteiger partial charge in [0.1, 0.15) is 0 Å². The molecule has 0 bridgehead atoms. The molecule has 0 aromatic heterocycles. The third-order valence-electron chi connectivity index (χ3n) is 2.13. The summed E-state index contributed by atoms with van der Waals surface area (Å²) < 4.78 is 0. The van der Waals surface area contributed by atoms with E-state index < -0.39 is 0 Å². The van der Waals surface area contributed by atoms with Crippen molar-refractivity contribution in [2.75, 3.05) is 6.54 Å². The molecule has 0 saturated heterocycles. The second-order valence-corrected chi connectivity index (χ2v) is 3.53. The minimum atomic E-state index is -0.0447. The highest BCUT2D eigenvalue weighted by molar-refractivity contribution is 5.72. The van der Waals surface area contributed by atoms with Crippen LogP contribution in [0.2, 0.25) is 0 Å². The molecule has 1 aromatic rings. The molecule has 0 aliphatic heterocycles. The number of nitrogens with one attached hydrogen (secondary N) is 1. The first-order chi connectivity index (χ1) is 8.24. The molecule has 0 radical (unpaired) electrons. The molecule has 17 heavy (non-hydrogen) atoms. The van der Waals surface area contributed by atoms with E-state index in [0.717, 1.165) is 11.1 Å². The van der Waals surface area contributed by atoms with Gasteiger partial charge in [-0.25, -0.2) is 0 Å². The van der Waals surface area contributed by atoms with Crippen molar-refractivity contribution in [2.24, 2.45) is 0 Å². The fourth-order valence-electron chi connectivity index (χ4n) is 1.34. The van der Waals surface area contributed by atoms with E-state index in [1.165, 1.54) is 6.92 Å². The highest BCUT2D eigenvalue weighted by Gasteiger charge is 1.96. The maximum atomic E-state index is 10.6. The molecule has 0 saturated carbocycles. The van der Waals surface area contributed by atoms with E-state index in [9.17, 15) is 4.79 Å². The molecule has 3 nitrogen and oxygen atoms in total. The van der Waals surface area contributed by atoms with Gasteiger partial charge in [0.05, 0.1) is 12.5 Å². The molecule has 1 N–H and O–H groups in total. The molecule has 0 unspecified atom stereocenters. The summed E-state index contributed by atoms with van der Waals surface area (Å²) in [5, 5.41) is 11.3. The van der Waals surface area contributed by atoms with Gasteiger partial charge in [-0.1, -0.05) is 30.0 Å². The van der Waals surface area contributed by atoms with Crippen LogP contribution in [-0.4, -0.2) is 12.5 Å². The smallest absolute Gasteiger partial charge is 0.216 e. The van der Waals surface area contributed by atoms with Crippen molar-refractivity contribution in [3.63, 3.8) is 0 Å². The van der Waals surface area contributed by atoms with Crippen LogP contribution in [0.5, 0.6) is 0 Å². The summed E-state index contributed by atoms with van der Waals surface area (Å²) in [5.74, 6) is 5.96. The summed E-state index contributed by atoms with van der Waals surface area (Å²) in [4.78, 5) is 10.6. The van der Waals surface area contributed by atoms with Gasteiger partial charge in [0.2, 0.25) is 5.91 Å². The Morgan fingerprint density at radius 2 is 2.18 bits per heavy atom. The topological polar surface area (TPSA) is 52.9 Å². The summed E-state index contributed by atoms with van der Waals surface area (Å²) in [6.45, 7) is 2.04. The molecule has 0 aliphatic rings. The van der Waals surface area contributed by atoms with Crippen molar-refractivity contribution >= 4 is 5.91 Å². The van der Waals surface area contributed by atoms with Gasteiger partial charge >= 0.3 is 0 Å². The Labute approximate surface area is 101 Å². The van der Waals surface area contributed by atoms with Crippen molar-refractivity contribution < 1.29 is 4.79 Å². The largest absolute Gasteiger partial charge is 0.355 e. The average Bonchev–Trinajstić information content (AvgIpc) is 2.31. The molecule has 0 heterocycles. The molecule has 1 rings (SSSR count). The molecule has 0 spiro atoms. The summed E-state index contributed by atoms with van der Waals surface area (Å²) in [6.07, 6.45) is 0.983. The van der Waals surface area contributed by atoms with Gasteiger partial charge in [0.15, 0.2) is 0 Å². The van der Waals surface area contributed by atoms with E-state index in [1.54, 1.807) is 0 Å². The van der Waals surface area contributed by atoms with E-state index >= 15 is 0 Å². The lowest BCUT2D eigenvalue weighted by molar-refractivity contribution is -0.118. The number of nitrogens with zero attached hydrogens (tertiary/aromatic N) is 1. The zero-order valence-corrected chi connectivity index (χ0v) is 9.79. The van der Waals surface area contributed by atoms with E-state index in [-0.39, 0.29) is 5.91 Å². The van der Waals surface area contributed by atoms with Gasteiger partial charge < -0.3 is 5.32 Å². The highest BCUT2D eigenvalue weighted by atomic mass is 16.1. The Kier molecular flexibility index (Phi) is 5.34. The summed E-state index contributed by atoms with van der Waals surface area (Å²) >= 11 is 0. The van der Waals surface area contributed by atoms with Gasteiger partial charge in [0, 0.05) is 25.5 Å². The highest BCUT2D eigenvalue weighted by Crippen LogP contribution is 2.07. The van der Waals surface area contributed by atoms with Crippen LogP contribution in [0.3, 0.4) is 0 Å². The fourth-order valence-corrected chi connectivity index (χ4v) is 1.34. The van der Waals surface area contributed by atoms with Crippen molar-refractivity contribution in [1.29, 1.82) is 5.26 Å². The second-order valence-electron chi connectivity index (χ2n) is 3.53. The first-order valence-corrected chi connectivity index (χ1v) is 5.42. The SMILES string of the molecule is CC(=O)NCCC#Cc1ccccc1CC#N. The molecule has 0 atom stereocenters. The van der Waals surface area contributed by atoms with E-state index in [0.29, 0.717) is 19.4 Å². The van der Waals surface area contributed by atoms with Crippen LogP contribution in [0.1, 0.15) is 24.5 Å². The van der Waals surface area contributed by atoms with Crippen LogP contribution in [0.4, 0.5) is 0 Å². The lowest BCUT2D eigenvalue weighted by Crippen LogP contribution is -2.20. The van der Waals surface area contributed by atoms with Crippen LogP contribution in [0, 0.1) is 23.2 Å². The van der Waals surface area contributed by atoms with Gasteiger partial charge in [-0.15, -0.1) is 0 Å². The lowest BCUT2D eigenvalue weighted by Gasteiger charge is -1.98. The predicted octanol–water partition coefficient (Wildman–Crippen LogP) is 1.63. The zero-order valence-electron chi connectivity index (χ0n) is 9.79. The number of hydrogen-bond acceptors (Lipinski definition) is 2. The summed E-state index contributed by atoms with van der Waals surface area (Å²) in [5.41, 5.74) is 1.83. The standard InChI is InChI=1S/C14H14N2O/c1-12(17)16-11-5-4-8-13-6-2-3-7-14(13)9-10-15/h2-3,6-7H,5,9,11H2,1H3,(H,16,17). The first-order valence-electron chi connectivity index (χ1n) is 5.42. The Bertz CT molecular complexity index is 489. The quantitative estimate of drug-likeness (QED) is 0.629. The van der Waals surface area contributed by atoms with Crippen LogP contribution >= 0.6 is 0 Å². The van der Waals surface area contributed by atoms with E-state index in [2.05, 4.69) is 23.2 Å². The number of carbonyl (C=O) groups is 1. The molecule has 1 amide bonds. The molecule has 86 valence electrons. The average molecular weight is 226 g/mol. The number of hydrogen-bond donors (Lipinski definition) is 1. The van der Waals surface area contributed by atoms with E-state index in [1.807, 2.05) is 24.3 Å². The number of amides is 1. The minimum Gasteiger partial charge on any atom is -0.355 e. The Hall–Kier alpha value is -2.26. The van der Waals surface area contributed by atoms with Crippen LogP contribution < -0.4 is 5.32 Å². The monoisotopic (exact) mass is 226 g/mol. The zero-order chi connectivity index (χ0) is 12.5. The number of rotatable bonds is 3. The van der Waals surface area contributed by atoms with Crippen molar-refractivity contribution in [1.82, 2.24) is 5.32 Å². The van der Waals surface area contributed by atoms with Gasteiger partial charge in [-0.05, 0) is 11.6 Å². The normalized spacial score (nSPS) is 8.71. The molecule has 0 aliphatic carbocycles. The van der Waals surface area contributed by atoms with Crippen LogP contribution in [0.25, 0.3) is 0 Å². The van der Waals surface area contributed by atoms with Crippen molar-refractivity contribution in [3.8, 4) is 17.9 Å². The number of nitriles is 1. The third-order valence-corrected chi connectivity index (χ3v) is 2.13. The lowest BCUT2D eigenvalue weighted by atomic mass is 10.1. The maximum absolute atomic E-state index is 10.6. The van der Waals surface area contributed by atoms with Gasteiger partial charge in [-0.2, -0.15) is 5.26 Å². The molecule has 1 aromatic carbocycles. The molecule has 3 heteroatoms. The maximum Gasteiger partial charge on any atom is 0.216 e. The van der Waals surface area contributed by atoms with Gasteiger partial charge in [0.25, 0.3) is 0 Å². The number of benzene rings is 1. The predicted molar refractivity (Wildman–Crippen MR) is 65.9 cm³/mol. The molecular weight excluding hydrogens is 212 g/mol. The Morgan fingerprint density at radius 1 is 1.41 bits per heavy atom. The third kappa shape index (κ3) is 4.86. The minimum absolute atomic E-state index is 0.0447. The molecular formula is C14H14N2O. The second kappa shape index (κ2) is 7.09. The summed E-state index contributed by atoms with van der Waals surface area (Å²) in [6, 6.07) is 9.72. The fraction of sp³-hybridized carbons (Fsp3) is 0.286. The van der Waals surface area contributed by atoms with Gasteiger partial charge in [-0.3, -0.25) is 4.79 Å². The first kappa shape index (κ1) is 12.8. The van der Waals surface area contributed by atoms with E-state index in [4.69, 9.17) is 5.26 Å². The Morgan fingerprint density at radius 3 is 2.88 bits per heavy atom.